The maximum Gasteiger partial charge on any atom is 0.333 e. The van der Waals surface area contributed by atoms with Crippen molar-refractivity contribution in [1.82, 2.24) is 10.4 Å². The number of nitrogens with one attached hydrogen (secondary N) is 2. The summed E-state index contributed by atoms with van der Waals surface area (Å²) in [5, 5.41) is 4.81. The van der Waals surface area contributed by atoms with Crippen LogP contribution in [0, 0.1) is 0 Å². The quantitative estimate of drug-likeness (QED) is 0.699. The Kier molecular flexibility index (Phi) is 6.91. The van der Waals surface area contributed by atoms with Gasteiger partial charge in [0.05, 0.1) is 19.9 Å². The van der Waals surface area contributed by atoms with Crippen LogP contribution >= 0.6 is 0 Å². The van der Waals surface area contributed by atoms with Gasteiger partial charge in [-0.1, -0.05) is 6.42 Å². The van der Waals surface area contributed by atoms with Crippen LogP contribution in [0.5, 0.6) is 17.2 Å². The SMILES string of the molecule is COc1cc2c(cc1OC)N=CC=C(Oc1ccc(NC(=O)NN3CCCCC3)cc1)C2. The minimum Gasteiger partial charge on any atom is -0.493 e. The second kappa shape index (κ2) is 10.2. The molecule has 168 valence electrons. The fourth-order valence-corrected chi connectivity index (χ4v) is 3.76. The Bertz CT molecular complexity index is 1010. The van der Waals surface area contributed by atoms with E-state index >= 15 is 0 Å². The van der Waals surface area contributed by atoms with Gasteiger partial charge >= 0.3 is 6.03 Å². The van der Waals surface area contributed by atoms with Gasteiger partial charge in [0.15, 0.2) is 11.5 Å². The van der Waals surface area contributed by atoms with Crippen LogP contribution in [0.15, 0.2) is 53.2 Å². The van der Waals surface area contributed by atoms with Crippen LogP contribution in [0.25, 0.3) is 0 Å². The molecule has 2 aromatic rings. The molecule has 8 nitrogen and oxygen atoms in total. The topological polar surface area (TPSA) is 84.4 Å². The summed E-state index contributed by atoms with van der Waals surface area (Å²) in [6.07, 6.45) is 7.56. The number of allylic oxidation sites excluding steroid dienone is 2. The van der Waals surface area contributed by atoms with E-state index in [2.05, 4.69) is 15.7 Å². The second-order valence-electron chi connectivity index (χ2n) is 7.66. The van der Waals surface area contributed by atoms with Gasteiger partial charge in [0.25, 0.3) is 0 Å². The van der Waals surface area contributed by atoms with Gasteiger partial charge < -0.3 is 19.5 Å². The van der Waals surface area contributed by atoms with E-state index in [1.54, 1.807) is 20.4 Å². The number of piperidine rings is 1. The Balaban J connectivity index is 1.37. The highest BCUT2D eigenvalue weighted by atomic mass is 16.5. The lowest BCUT2D eigenvalue weighted by Gasteiger charge is -2.26. The molecular formula is C24H28N4O4. The zero-order valence-electron chi connectivity index (χ0n) is 18.4. The van der Waals surface area contributed by atoms with E-state index in [1.165, 1.54) is 6.42 Å². The summed E-state index contributed by atoms with van der Waals surface area (Å²) in [5.74, 6) is 2.72. The summed E-state index contributed by atoms with van der Waals surface area (Å²) in [4.78, 5) is 16.7. The molecule has 0 atom stereocenters. The zero-order chi connectivity index (χ0) is 22.3. The number of aliphatic imine (C=N–C) groups is 1. The molecule has 2 heterocycles. The highest BCUT2D eigenvalue weighted by Gasteiger charge is 2.15. The van der Waals surface area contributed by atoms with E-state index in [4.69, 9.17) is 14.2 Å². The number of anilines is 1. The van der Waals surface area contributed by atoms with Gasteiger partial charge in [0, 0.05) is 37.5 Å². The second-order valence-corrected chi connectivity index (χ2v) is 7.66. The molecule has 0 radical (unpaired) electrons. The molecule has 0 aromatic heterocycles. The number of hydrogen-bond acceptors (Lipinski definition) is 6. The lowest BCUT2D eigenvalue weighted by Crippen LogP contribution is -2.46. The summed E-state index contributed by atoms with van der Waals surface area (Å²) in [5.41, 5.74) is 5.39. The maximum atomic E-state index is 12.2. The van der Waals surface area contributed by atoms with Crippen LogP contribution in [0.3, 0.4) is 0 Å². The van der Waals surface area contributed by atoms with Gasteiger partial charge in [-0.15, -0.1) is 0 Å². The van der Waals surface area contributed by atoms with Crippen molar-refractivity contribution in [1.29, 1.82) is 0 Å². The van der Waals surface area contributed by atoms with Crippen LogP contribution in [-0.2, 0) is 6.42 Å². The van der Waals surface area contributed by atoms with Crippen molar-refractivity contribution in [2.45, 2.75) is 25.7 Å². The lowest BCUT2D eigenvalue weighted by molar-refractivity contribution is 0.162. The molecule has 2 aromatic carbocycles. The number of rotatable bonds is 6. The average Bonchev–Trinajstić information content (AvgIpc) is 3.01. The summed E-state index contributed by atoms with van der Waals surface area (Å²) < 4.78 is 16.8. The molecule has 0 saturated carbocycles. The number of hydrogen-bond donors (Lipinski definition) is 2. The molecule has 1 saturated heterocycles. The van der Waals surface area contributed by atoms with Gasteiger partial charge in [0.2, 0.25) is 0 Å². The minimum absolute atomic E-state index is 0.232. The molecule has 2 aliphatic heterocycles. The number of benzene rings is 2. The number of carbonyl (C=O) groups excluding carboxylic acids is 1. The Hall–Kier alpha value is -3.52. The fraction of sp³-hybridized carbons (Fsp3) is 0.333. The Morgan fingerprint density at radius 2 is 1.72 bits per heavy atom. The average molecular weight is 437 g/mol. The van der Waals surface area contributed by atoms with Crippen molar-refractivity contribution < 1.29 is 19.0 Å². The first-order chi connectivity index (χ1) is 15.6. The van der Waals surface area contributed by atoms with E-state index in [0.717, 1.165) is 42.9 Å². The number of carbonyl (C=O) groups is 1. The summed E-state index contributed by atoms with van der Waals surface area (Å²) in [7, 11) is 3.22. The number of urea groups is 1. The number of hydrazine groups is 1. The molecule has 0 unspecified atom stereocenters. The van der Waals surface area contributed by atoms with Crippen LogP contribution in [0.1, 0.15) is 24.8 Å². The standard InChI is InChI=1S/C24H28N4O4/c1-30-22-15-17-14-20(10-11-25-21(17)16-23(22)31-2)32-19-8-6-18(7-9-19)26-24(29)27-28-12-4-3-5-13-28/h6-11,15-16H,3-5,12-14H2,1-2H3,(H2,26,27,29). The summed E-state index contributed by atoms with van der Waals surface area (Å²) in [6, 6.07) is 10.8. The van der Waals surface area contributed by atoms with Crippen LogP contribution in [0.2, 0.25) is 0 Å². The summed E-state index contributed by atoms with van der Waals surface area (Å²) in [6.45, 7) is 1.78. The lowest BCUT2D eigenvalue weighted by atomic mass is 10.1. The van der Waals surface area contributed by atoms with Crippen LogP contribution in [0.4, 0.5) is 16.2 Å². The van der Waals surface area contributed by atoms with Crippen molar-refractivity contribution in [2.24, 2.45) is 4.99 Å². The molecule has 8 heteroatoms. The minimum atomic E-state index is -0.232. The molecule has 2 amide bonds. The molecule has 2 aliphatic rings. The third-order valence-electron chi connectivity index (χ3n) is 5.40. The molecule has 2 N–H and O–H groups in total. The van der Waals surface area contributed by atoms with Crippen LogP contribution in [-0.4, -0.2) is 44.6 Å². The smallest absolute Gasteiger partial charge is 0.333 e. The van der Waals surface area contributed by atoms with Gasteiger partial charge in [0.1, 0.15) is 11.5 Å². The number of amides is 2. The Morgan fingerprint density at radius 3 is 2.44 bits per heavy atom. The number of nitrogens with zero attached hydrogens (tertiary/aromatic N) is 2. The van der Waals surface area contributed by atoms with E-state index in [9.17, 15) is 4.79 Å². The Morgan fingerprint density at radius 1 is 1.00 bits per heavy atom. The van der Waals surface area contributed by atoms with Crippen molar-refractivity contribution in [3.63, 3.8) is 0 Å². The van der Waals surface area contributed by atoms with Gasteiger partial charge in [-0.05, 0) is 54.8 Å². The molecular weight excluding hydrogens is 408 g/mol. The van der Waals surface area contributed by atoms with Crippen LogP contribution < -0.4 is 25.0 Å². The third kappa shape index (κ3) is 5.39. The first-order valence-corrected chi connectivity index (χ1v) is 10.7. The fourth-order valence-electron chi connectivity index (χ4n) is 3.76. The van der Waals surface area contributed by atoms with Gasteiger partial charge in [-0.25, -0.2) is 9.80 Å². The highest BCUT2D eigenvalue weighted by Crippen LogP contribution is 2.36. The van der Waals surface area contributed by atoms with Gasteiger partial charge in [-0.3, -0.25) is 10.4 Å². The monoisotopic (exact) mass is 436 g/mol. The summed E-state index contributed by atoms with van der Waals surface area (Å²) >= 11 is 0. The zero-order valence-corrected chi connectivity index (χ0v) is 18.4. The molecule has 1 fully saturated rings. The molecule has 4 rings (SSSR count). The largest absolute Gasteiger partial charge is 0.493 e. The van der Waals surface area contributed by atoms with Crippen molar-refractivity contribution in [2.75, 3.05) is 32.6 Å². The Labute approximate surface area is 187 Å². The first kappa shape index (κ1) is 21.7. The molecule has 0 bridgehead atoms. The third-order valence-corrected chi connectivity index (χ3v) is 5.40. The van der Waals surface area contributed by atoms with E-state index in [1.807, 2.05) is 47.5 Å². The van der Waals surface area contributed by atoms with E-state index in [0.29, 0.717) is 29.4 Å². The maximum absolute atomic E-state index is 12.2. The number of ether oxygens (including phenoxy) is 3. The molecule has 0 aliphatic carbocycles. The predicted molar refractivity (Wildman–Crippen MR) is 124 cm³/mol. The van der Waals surface area contributed by atoms with Crippen molar-refractivity contribution in [3.8, 4) is 17.2 Å². The molecule has 0 spiro atoms. The van der Waals surface area contributed by atoms with Gasteiger partial charge in [-0.2, -0.15) is 0 Å². The number of fused-ring (bicyclic) bond motifs is 1. The molecule has 32 heavy (non-hydrogen) atoms. The van der Waals surface area contributed by atoms with E-state index in [-0.39, 0.29) is 6.03 Å². The predicted octanol–water partition coefficient (Wildman–Crippen LogP) is 4.45. The van der Waals surface area contributed by atoms with E-state index < -0.39 is 0 Å². The normalized spacial score (nSPS) is 15.8. The highest BCUT2D eigenvalue weighted by molar-refractivity contribution is 5.88. The first-order valence-electron chi connectivity index (χ1n) is 10.7. The van der Waals surface area contributed by atoms with Crippen molar-refractivity contribution in [3.05, 3.63) is 53.8 Å². The number of methoxy groups -OCH3 is 2. The van der Waals surface area contributed by atoms with Crippen molar-refractivity contribution >= 4 is 23.6 Å².